The minimum Gasteiger partial charge on any atom is -0.379 e. The lowest BCUT2D eigenvalue weighted by molar-refractivity contribution is 0.0637. The number of rotatable bonds is 6. The molecule has 0 aromatic carbocycles. The van der Waals surface area contributed by atoms with Gasteiger partial charge in [-0.05, 0) is 46.3 Å². The first-order chi connectivity index (χ1) is 8.75. The number of nitrogens with zero attached hydrogens (tertiary/aromatic N) is 2. The van der Waals surface area contributed by atoms with E-state index in [-0.39, 0.29) is 0 Å². The quantitative estimate of drug-likeness (QED) is 0.759. The van der Waals surface area contributed by atoms with Crippen LogP contribution in [-0.2, 0) is 4.74 Å². The third kappa shape index (κ3) is 4.50. The van der Waals surface area contributed by atoms with Gasteiger partial charge in [0.2, 0.25) is 0 Å². The summed E-state index contributed by atoms with van der Waals surface area (Å²) in [5.74, 6) is 0. The molecule has 2 rings (SSSR count). The van der Waals surface area contributed by atoms with Crippen LogP contribution in [0.1, 0.15) is 26.2 Å². The van der Waals surface area contributed by atoms with Gasteiger partial charge in [0.05, 0.1) is 13.2 Å². The molecule has 0 aromatic heterocycles. The Bertz CT molecular complexity index is 225. The van der Waals surface area contributed by atoms with E-state index in [0.29, 0.717) is 12.1 Å². The van der Waals surface area contributed by atoms with Crippen LogP contribution in [0.15, 0.2) is 0 Å². The highest BCUT2D eigenvalue weighted by atomic mass is 16.5. The lowest BCUT2D eigenvalue weighted by Crippen LogP contribution is -2.46. The third-order valence-corrected chi connectivity index (χ3v) is 4.34. The van der Waals surface area contributed by atoms with E-state index in [2.05, 4.69) is 29.1 Å². The van der Waals surface area contributed by atoms with E-state index in [1.807, 2.05) is 0 Å². The van der Waals surface area contributed by atoms with Gasteiger partial charge in [-0.3, -0.25) is 0 Å². The maximum atomic E-state index is 5.51. The fourth-order valence-electron chi connectivity index (χ4n) is 2.89. The normalized spacial score (nSPS) is 27.8. The van der Waals surface area contributed by atoms with E-state index in [0.717, 1.165) is 19.8 Å². The summed E-state index contributed by atoms with van der Waals surface area (Å²) >= 11 is 0. The van der Waals surface area contributed by atoms with Gasteiger partial charge in [0.15, 0.2) is 0 Å². The first-order valence-corrected chi connectivity index (χ1v) is 7.49. The van der Waals surface area contributed by atoms with E-state index >= 15 is 0 Å². The Labute approximate surface area is 112 Å². The lowest BCUT2D eigenvalue weighted by Gasteiger charge is -2.31. The van der Waals surface area contributed by atoms with Gasteiger partial charge >= 0.3 is 0 Å². The smallest absolute Gasteiger partial charge is 0.0620 e. The average molecular weight is 255 g/mol. The van der Waals surface area contributed by atoms with Crippen LogP contribution in [0.3, 0.4) is 0 Å². The summed E-state index contributed by atoms with van der Waals surface area (Å²) in [6.45, 7) is 10.1. The van der Waals surface area contributed by atoms with Crippen molar-refractivity contribution in [2.24, 2.45) is 0 Å². The number of ether oxygens (including phenoxy) is 1. The molecule has 0 bridgehead atoms. The summed E-state index contributed by atoms with van der Waals surface area (Å²) in [7, 11) is 2.25. The number of hydrogen-bond acceptors (Lipinski definition) is 4. The van der Waals surface area contributed by atoms with Crippen molar-refractivity contribution in [3.63, 3.8) is 0 Å². The molecule has 106 valence electrons. The van der Waals surface area contributed by atoms with Crippen LogP contribution in [0.4, 0.5) is 0 Å². The minimum atomic E-state index is 0.544. The van der Waals surface area contributed by atoms with Crippen molar-refractivity contribution in [2.75, 3.05) is 53.0 Å². The predicted octanol–water partition coefficient (Wildman–Crippen LogP) is 0.781. The molecule has 2 aliphatic rings. The molecular weight excluding hydrogens is 226 g/mol. The fourth-order valence-corrected chi connectivity index (χ4v) is 2.89. The van der Waals surface area contributed by atoms with Crippen LogP contribution in [0.5, 0.6) is 0 Å². The molecule has 4 nitrogen and oxygen atoms in total. The number of likely N-dealkylation sites (tertiary alicyclic amines) is 1. The highest BCUT2D eigenvalue weighted by Gasteiger charge is 2.19. The highest BCUT2D eigenvalue weighted by molar-refractivity contribution is 4.77. The molecule has 0 spiro atoms. The molecule has 2 fully saturated rings. The molecule has 1 N–H and O–H groups in total. The second kappa shape index (κ2) is 7.43. The molecule has 2 heterocycles. The average Bonchev–Trinajstić information content (AvgIpc) is 2.90. The van der Waals surface area contributed by atoms with Gasteiger partial charge < -0.3 is 19.9 Å². The van der Waals surface area contributed by atoms with Gasteiger partial charge in [-0.15, -0.1) is 0 Å². The van der Waals surface area contributed by atoms with Crippen molar-refractivity contribution in [3.8, 4) is 0 Å². The van der Waals surface area contributed by atoms with Gasteiger partial charge in [-0.1, -0.05) is 0 Å². The van der Waals surface area contributed by atoms with Crippen LogP contribution >= 0.6 is 0 Å². The summed E-state index contributed by atoms with van der Waals surface area (Å²) in [5, 5.41) is 3.54. The number of hydrogen-bond donors (Lipinski definition) is 1. The Morgan fingerprint density at radius 3 is 2.83 bits per heavy atom. The Hall–Kier alpha value is -0.160. The molecule has 4 heteroatoms. The highest BCUT2D eigenvalue weighted by Crippen LogP contribution is 2.10. The Balaban J connectivity index is 1.62. The van der Waals surface area contributed by atoms with Crippen LogP contribution < -0.4 is 5.32 Å². The molecule has 2 atom stereocenters. The molecule has 2 unspecified atom stereocenters. The summed E-state index contributed by atoms with van der Waals surface area (Å²) in [6, 6.07) is 1.18. The molecule has 0 saturated carbocycles. The maximum Gasteiger partial charge on any atom is 0.0620 e. The molecule has 0 aliphatic carbocycles. The van der Waals surface area contributed by atoms with Crippen molar-refractivity contribution in [1.82, 2.24) is 15.1 Å². The van der Waals surface area contributed by atoms with Crippen LogP contribution in [0.2, 0.25) is 0 Å². The lowest BCUT2D eigenvalue weighted by atomic mass is 10.1. The zero-order chi connectivity index (χ0) is 12.8. The molecule has 0 aromatic rings. The summed E-state index contributed by atoms with van der Waals surface area (Å²) in [5.41, 5.74) is 0. The van der Waals surface area contributed by atoms with Crippen molar-refractivity contribution in [3.05, 3.63) is 0 Å². The molecule has 0 amide bonds. The minimum absolute atomic E-state index is 0.544. The second-order valence-electron chi connectivity index (χ2n) is 5.84. The topological polar surface area (TPSA) is 27.7 Å². The standard InChI is InChI=1S/C14H29N3O/c1-13(11-14-12-18-10-5-15-14)16(2)8-9-17-6-3-4-7-17/h13-15H,3-12H2,1-2H3. The molecule has 18 heavy (non-hydrogen) atoms. The Kier molecular flexibility index (Phi) is 5.89. The Morgan fingerprint density at radius 2 is 2.17 bits per heavy atom. The van der Waals surface area contributed by atoms with Gasteiger partial charge in [0.1, 0.15) is 0 Å². The zero-order valence-corrected chi connectivity index (χ0v) is 12.0. The molecule has 0 radical (unpaired) electrons. The summed E-state index contributed by atoms with van der Waals surface area (Å²) < 4.78 is 5.51. The zero-order valence-electron chi connectivity index (χ0n) is 12.0. The molecule has 2 saturated heterocycles. The van der Waals surface area contributed by atoms with Gasteiger partial charge in [-0.2, -0.15) is 0 Å². The van der Waals surface area contributed by atoms with Crippen LogP contribution in [0.25, 0.3) is 0 Å². The Morgan fingerprint density at radius 1 is 1.39 bits per heavy atom. The summed E-state index contributed by atoms with van der Waals surface area (Å²) in [4.78, 5) is 5.08. The van der Waals surface area contributed by atoms with E-state index in [4.69, 9.17) is 4.74 Å². The molecular formula is C14H29N3O. The van der Waals surface area contributed by atoms with Gasteiger partial charge in [0, 0.05) is 31.7 Å². The predicted molar refractivity (Wildman–Crippen MR) is 75.0 cm³/mol. The maximum absolute atomic E-state index is 5.51. The van der Waals surface area contributed by atoms with Gasteiger partial charge in [-0.25, -0.2) is 0 Å². The third-order valence-electron chi connectivity index (χ3n) is 4.34. The number of morpholine rings is 1. The van der Waals surface area contributed by atoms with E-state index < -0.39 is 0 Å². The number of likely N-dealkylation sites (N-methyl/N-ethyl adjacent to an activating group) is 1. The van der Waals surface area contributed by atoms with Gasteiger partial charge in [0.25, 0.3) is 0 Å². The fraction of sp³-hybridized carbons (Fsp3) is 1.00. The van der Waals surface area contributed by atoms with Crippen LogP contribution in [0, 0.1) is 0 Å². The SMILES string of the molecule is CC(CC1COCCN1)N(C)CCN1CCCC1. The molecule has 2 aliphatic heterocycles. The van der Waals surface area contributed by atoms with E-state index in [1.165, 1.54) is 45.4 Å². The second-order valence-corrected chi connectivity index (χ2v) is 5.84. The van der Waals surface area contributed by atoms with Crippen molar-refractivity contribution >= 4 is 0 Å². The summed E-state index contributed by atoms with van der Waals surface area (Å²) in [6.07, 6.45) is 3.97. The van der Waals surface area contributed by atoms with Crippen molar-refractivity contribution in [1.29, 1.82) is 0 Å². The van der Waals surface area contributed by atoms with E-state index in [9.17, 15) is 0 Å². The first kappa shape index (κ1) is 14.3. The van der Waals surface area contributed by atoms with Crippen LogP contribution in [-0.4, -0.2) is 74.9 Å². The number of nitrogens with one attached hydrogen (secondary N) is 1. The monoisotopic (exact) mass is 255 g/mol. The van der Waals surface area contributed by atoms with Crippen molar-refractivity contribution in [2.45, 2.75) is 38.3 Å². The first-order valence-electron chi connectivity index (χ1n) is 7.49. The van der Waals surface area contributed by atoms with Crippen molar-refractivity contribution < 1.29 is 4.74 Å². The largest absolute Gasteiger partial charge is 0.379 e. The van der Waals surface area contributed by atoms with E-state index in [1.54, 1.807) is 0 Å².